The molecule has 14 aromatic carbocycles. The highest BCUT2D eigenvalue weighted by Gasteiger charge is 2.46. The number of fused-ring (bicyclic) bond motifs is 10. The monoisotopic (exact) mass is 1580 g/mol. The molecule has 0 bridgehead atoms. The molecule has 0 amide bonds. The van der Waals surface area contributed by atoms with Gasteiger partial charge in [0, 0.05) is 55.7 Å². The maximum atomic E-state index is 2.75. The van der Waals surface area contributed by atoms with E-state index in [1.807, 2.05) is 0 Å². The highest BCUT2D eigenvalue weighted by Crippen LogP contribution is 2.54. The molecule has 4 heterocycles. The maximum Gasteiger partial charge on any atom is 0.252 e. The van der Waals surface area contributed by atoms with Crippen molar-refractivity contribution in [3.05, 3.63) is 330 Å². The number of nitrogens with zero attached hydrogens (tertiary/aromatic N) is 4. The third kappa shape index (κ3) is 14.3. The number of aromatic nitrogens is 2. The van der Waals surface area contributed by atoms with Crippen LogP contribution < -0.4 is 26.2 Å². The lowest BCUT2D eigenvalue weighted by Gasteiger charge is -2.45. The third-order valence-electron chi connectivity index (χ3n) is 26.2. The highest BCUT2D eigenvalue weighted by molar-refractivity contribution is 7.00. The average Bonchev–Trinajstić information content (AvgIpc) is 1.57. The molecule has 606 valence electrons. The summed E-state index contributed by atoms with van der Waals surface area (Å²) in [5.74, 6) is 0. The Bertz CT molecular complexity index is 6600. The van der Waals surface area contributed by atoms with Gasteiger partial charge in [-0.05, 0) is 251 Å². The molecular weight excluding hydrogens is 1460 g/mol. The van der Waals surface area contributed by atoms with Gasteiger partial charge in [0.1, 0.15) is 0 Å². The van der Waals surface area contributed by atoms with Gasteiger partial charge in [0.25, 0.3) is 6.71 Å². The fourth-order valence-electron chi connectivity index (χ4n) is 18.9. The van der Waals surface area contributed by atoms with Crippen molar-refractivity contribution in [3.8, 4) is 67.0 Å². The first-order chi connectivity index (χ1) is 57.0. The van der Waals surface area contributed by atoms with Crippen LogP contribution in [0.5, 0.6) is 0 Å². The molecule has 18 rings (SSSR count). The third-order valence-corrected chi connectivity index (χ3v) is 26.2. The van der Waals surface area contributed by atoms with E-state index in [1.54, 1.807) is 0 Å². The summed E-state index contributed by atoms with van der Waals surface area (Å²) >= 11 is 0. The number of benzene rings is 14. The van der Waals surface area contributed by atoms with Gasteiger partial charge in [-0.1, -0.05) is 360 Å². The van der Waals surface area contributed by atoms with Crippen molar-refractivity contribution in [2.24, 2.45) is 0 Å². The van der Waals surface area contributed by atoms with E-state index in [0.29, 0.717) is 0 Å². The summed E-state index contributed by atoms with van der Waals surface area (Å²) in [5.41, 5.74) is 38.7. The van der Waals surface area contributed by atoms with E-state index in [4.69, 9.17) is 0 Å². The standard InChI is InChI=1S/C116H119BN4/c1-109(2,3)82-48-52-98-94(70-82)95-71-83(110(4,5)6)49-53-99(95)120(98)100-44-34-42-92-93-43-35-45-101(108(93)119(107(92)100)90-40-32-27-33-41-90)121-103-64-75(79-57-86(113(13,14)15)68-87(58-79)114(16,17)18)47-51-97(103)117-96-50-46-74(78-55-84(111(7,8)9)67-85(56-78)112(10,11)12)63-102(96)118(91-61-76(72-36-28-25-29-37-72)54-77(62-91)73-38-30-26-31-39-73)104-65-81(66-105(121)106(104)117)80-59-88(115(19,20)21)69-89(60-80)116(22,23)24/h25-71H,1-24H3. The van der Waals surface area contributed by atoms with Crippen LogP contribution in [0.3, 0.4) is 0 Å². The summed E-state index contributed by atoms with van der Waals surface area (Å²) in [4.78, 5) is 5.45. The minimum absolute atomic E-state index is 0.0644. The number of hydrogen-bond donors (Lipinski definition) is 0. The van der Waals surface area contributed by atoms with E-state index in [0.717, 1.165) is 84.3 Å². The van der Waals surface area contributed by atoms with Crippen molar-refractivity contribution in [1.82, 2.24) is 9.13 Å². The van der Waals surface area contributed by atoms with E-state index >= 15 is 0 Å². The summed E-state index contributed by atoms with van der Waals surface area (Å²) in [7, 11) is 0. The van der Waals surface area contributed by atoms with Gasteiger partial charge < -0.3 is 18.9 Å². The van der Waals surface area contributed by atoms with Gasteiger partial charge in [-0.2, -0.15) is 0 Å². The van der Waals surface area contributed by atoms with E-state index < -0.39 is 0 Å². The Morgan fingerprint density at radius 1 is 0.190 bits per heavy atom. The first-order valence-electron chi connectivity index (χ1n) is 44.1. The molecule has 0 saturated carbocycles. The summed E-state index contributed by atoms with van der Waals surface area (Å²) in [5, 5.41) is 4.88. The first-order valence-corrected chi connectivity index (χ1v) is 44.1. The van der Waals surface area contributed by atoms with Crippen LogP contribution in [0.4, 0.5) is 34.1 Å². The van der Waals surface area contributed by atoms with Crippen molar-refractivity contribution < 1.29 is 0 Å². The van der Waals surface area contributed by atoms with Gasteiger partial charge in [0.05, 0.1) is 33.4 Å². The zero-order chi connectivity index (χ0) is 85.5. The summed E-state index contributed by atoms with van der Waals surface area (Å²) in [6, 6.07) is 112. The van der Waals surface area contributed by atoms with Crippen LogP contribution in [-0.2, 0) is 43.3 Å². The largest absolute Gasteiger partial charge is 0.311 e. The number of hydrogen-bond acceptors (Lipinski definition) is 2. The Kier molecular flexibility index (Phi) is 18.9. The topological polar surface area (TPSA) is 16.3 Å². The van der Waals surface area contributed by atoms with Crippen LogP contribution in [0.1, 0.15) is 211 Å². The van der Waals surface area contributed by atoms with Crippen molar-refractivity contribution in [2.75, 3.05) is 9.80 Å². The highest BCUT2D eigenvalue weighted by atomic mass is 15.2. The molecule has 2 aliphatic heterocycles. The van der Waals surface area contributed by atoms with Gasteiger partial charge in [-0.15, -0.1) is 0 Å². The molecule has 0 aliphatic carbocycles. The van der Waals surface area contributed by atoms with E-state index in [9.17, 15) is 0 Å². The van der Waals surface area contributed by atoms with Gasteiger partial charge in [-0.3, -0.25) is 0 Å². The molecule has 0 fully saturated rings. The van der Waals surface area contributed by atoms with Crippen LogP contribution in [0.15, 0.2) is 285 Å². The van der Waals surface area contributed by atoms with E-state index in [-0.39, 0.29) is 50.0 Å². The molecular formula is C116H119BN4. The maximum absolute atomic E-state index is 2.75. The fraction of sp³-hybridized carbons (Fsp3) is 0.276. The second kappa shape index (κ2) is 28.5. The molecule has 0 saturated heterocycles. The van der Waals surface area contributed by atoms with Crippen molar-refractivity contribution >= 4 is 101 Å². The number of anilines is 6. The molecule has 2 aromatic heterocycles. The molecule has 0 atom stereocenters. The van der Waals surface area contributed by atoms with Crippen molar-refractivity contribution in [3.63, 3.8) is 0 Å². The zero-order valence-electron chi connectivity index (χ0n) is 76.0. The van der Waals surface area contributed by atoms with E-state index in [2.05, 4.69) is 470 Å². The first kappa shape index (κ1) is 80.4. The van der Waals surface area contributed by atoms with Gasteiger partial charge in [0.2, 0.25) is 0 Å². The summed E-state index contributed by atoms with van der Waals surface area (Å²) < 4.78 is 5.23. The molecule has 4 nitrogen and oxygen atoms in total. The van der Waals surface area contributed by atoms with Crippen LogP contribution >= 0.6 is 0 Å². The second-order valence-electron chi connectivity index (χ2n) is 43.3. The summed E-state index contributed by atoms with van der Waals surface area (Å²) in [6.45, 7) is 56.4. The molecule has 0 radical (unpaired) electrons. The van der Waals surface area contributed by atoms with Crippen LogP contribution in [0.25, 0.3) is 111 Å². The van der Waals surface area contributed by atoms with Gasteiger partial charge >= 0.3 is 0 Å². The molecule has 0 unspecified atom stereocenters. The van der Waals surface area contributed by atoms with Crippen molar-refractivity contribution in [2.45, 2.75) is 209 Å². The van der Waals surface area contributed by atoms with E-state index in [1.165, 1.54) is 121 Å². The normalized spacial score (nSPS) is 13.6. The Labute approximate surface area is 721 Å². The molecule has 0 N–H and O–H groups in total. The average molecular weight is 1580 g/mol. The quantitative estimate of drug-likeness (QED) is 0.134. The predicted octanol–water partition coefficient (Wildman–Crippen LogP) is 30.7. The number of rotatable bonds is 9. The molecule has 2 aliphatic rings. The lowest BCUT2D eigenvalue weighted by molar-refractivity contribution is 0.568. The van der Waals surface area contributed by atoms with Gasteiger partial charge in [0.15, 0.2) is 0 Å². The Balaban J connectivity index is 1.03. The lowest BCUT2D eigenvalue weighted by atomic mass is 9.33. The number of para-hydroxylation sites is 3. The SMILES string of the molecule is CC(C)(C)c1cc(-c2ccc3c(c2)N(c2cc(-c4ccccc4)cc(-c4ccccc4)c2)c2cc(-c4cc(C(C)(C)C)cc(C(C)(C)C)c4)cc4c2B3c2ccc(-c3cc(C(C)(C)C)cc(C(C)(C)C)c3)cc2N4c2cccc3c4cccc(-n5c6ccc(C(C)(C)C)cc6c6cc(C(C)(C)C)ccc65)c4n(-c4ccccc4)c23)cc(C(C)(C)C)c1. The Morgan fingerprint density at radius 2 is 0.521 bits per heavy atom. The lowest BCUT2D eigenvalue weighted by Crippen LogP contribution is -2.61. The Morgan fingerprint density at radius 3 is 0.917 bits per heavy atom. The Hall–Kier alpha value is -11.7. The van der Waals surface area contributed by atoms with Crippen LogP contribution in [0.2, 0.25) is 0 Å². The molecule has 5 heteroatoms. The zero-order valence-corrected chi connectivity index (χ0v) is 76.0. The fourth-order valence-corrected chi connectivity index (χ4v) is 18.9. The second-order valence-corrected chi connectivity index (χ2v) is 43.3. The minimum atomic E-state index is -0.243. The smallest absolute Gasteiger partial charge is 0.252 e. The van der Waals surface area contributed by atoms with Crippen LogP contribution in [-0.4, -0.2) is 15.8 Å². The minimum Gasteiger partial charge on any atom is -0.311 e. The summed E-state index contributed by atoms with van der Waals surface area (Å²) in [6.07, 6.45) is 0. The molecule has 16 aromatic rings. The molecule has 121 heavy (non-hydrogen) atoms. The molecule has 0 spiro atoms. The van der Waals surface area contributed by atoms with Gasteiger partial charge in [-0.25, -0.2) is 0 Å². The van der Waals surface area contributed by atoms with Crippen molar-refractivity contribution in [1.29, 1.82) is 0 Å². The predicted molar refractivity (Wildman–Crippen MR) is 526 cm³/mol. The van der Waals surface area contributed by atoms with Crippen LogP contribution in [0, 0.1) is 0 Å².